The zero-order chi connectivity index (χ0) is 13.7. The molecule has 0 unspecified atom stereocenters. The lowest BCUT2D eigenvalue weighted by Crippen LogP contribution is -2.23. The Hall–Kier alpha value is -1.51. The number of hydrogen-bond donors (Lipinski definition) is 0. The Morgan fingerprint density at radius 3 is 2.58 bits per heavy atom. The highest BCUT2D eigenvalue weighted by molar-refractivity contribution is 5.92. The fourth-order valence-corrected chi connectivity index (χ4v) is 2.48. The van der Waals surface area contributed by atoms with Crippen molar-refractivity contribution < 1.29 is 14.3 Å². The summed E-state index contributed by atoms with van der Waals surface area (Å²) in [4.78, 5) is 12.2. The van der Waals surface area contributed by atoms with Crippen molar-refractivity contribution >= 4 is 5.97 Å². The number of carbonyl (C=O) groups excluding carboxylic acids is 1. The molecule has 1 aliphatic carbocycles. The van der Waals surface area contributed by atoms with E-state index in [0.29, 0.717) is 17.9 Å². The highest BCUT2D eigenvalue weighted by atomic mass is 16.5. The molecule has 2 rings (SSSR count). The maximum Gasteiger partial charge on any atom is 0.342 e. The molecular weight excluding hydrogens is 240 g/mol. The molecule has 104 valence electrons. The lowest BCUT2D eigenvalue weighted by atomic mass is 9.89. The summed E-state index contributed by atoms with van der Waals surface area (Å²) in [7, 11) is 0. The Kier molecular flexibility index (Phi) is 4.83. The molecule has 1 aromatic carbocycles. The minimum absolute atomic E-state index is 0.0679. The van der Waals surface area contributed by atoms with Crippen molar-refractivity contribution in [2.75, 3.05) is 6.61 Å². The molecule has 0 N–H and O–H groups in total. The van der Waals surface area contributed by atoms with Crippen LogP contribution < -0.4 is 4.74 Å². The van der Waals surface area contributed by atoms with Gasteiger partial charge in [-0.15, -0.1) is 0 Å². The van der Waals surface area contributed by atoms with E-state index in [0.717, 1.165) is 31.6 Å². The second kappa shape index (κ2) is 6.60. The Bertz CT molecular complexity index is 420. The van der Waals surface area contributed by atoms with Crippen molar-refractivity contribution in [3.63, 3.8) is 0 Å². The monoisotopic (exact) mass is 262 g/mol. The third-order valence-electron chi connectivity index (χ3n) is 3.64. The van der Waals surface area contributed by atoms with Gasteiger partial charge in [-0.05, 0) is 50.7 Å². The smallest absolute Gasteiger partial charge is 0.342 e. The average Bonchev–Trinajstić information content (AvgIpc) is 2.42. The third kappa shape index (κ3) is 3.72. The number of rotatable bonds is 4. The molecule has 0 spiro atoms. The minimum Gasteiger partial charge on any atom is -0.493 e. The zero-order valence-corrected chi connectivity index (χ0v) is 11.7. The van der Waals surface area contributed by atoms with Crippen molar-refractivity contribution in [2.45, 2.75) is 45.6 Å². The topological polar surface area (TPSA) is 35.5 Å². The first kappa shape index (κ1) is 13.9. The van der Waals surface area contributed by atoms with Gasteiger partial charge in [0.25, 0.3) is 0 Å². The van der Waals surface area contributed by atoms with E-state index in [1.165, 1.54) is 0 Å². The van der Waals surface area contributed by atoms with E-state index in [1.807, 2.05) is 25.1 Å². The van der Waals surface area contributed by atoms with Crippen LogP contribution in [0.2, 0.25) is 0 Å². The molecule has 1 aromatic rings. The number of carbonyl (C=O) groups is 1. The van der Waals surface area contributed by atoms with Gasteiger partial charge in [-0.25, -0.2) is 4.79 Å². The molecule has 19 heavy (non-hydrogen) atoms. The molecule has 3 heteroatoms. The van der Waals surface area contributed by atoms with Gasteiger partial charge < -0.3 is 9.47 Å². The van der Waals surface area contributed by atoms with Crippen molar-refractivity contribution in [3.05, 3.63) is 29.8 Å². The Labute approximate surface area is 114 Å². The number of esters is 1. The van der Waals surface area contributed by atoms with Crippen LogP contribution in [0, 0.1) is 5.92 Å². The first-order valence-corrected chi connectivity index (χ1v) is 7.13. The Balaban J connectivity index is 1.99. The quantitative estimate of drug-likeness (QED) is 0.774. The Morgan fingerprint density at radius 1 is 1.21 bits per heavy atom. The molecule has 0 radical (unpaired) electrons. The van der Waals surface area contributed by atoms with Gasteiger partial charge in [-0.1, -0.05) is 19.1 Å². The van der Waals surface area contributed by atoms with E-state index in [1.54, 1.807) is 6.07 Å². The van der Waals surface area contributed by atoms with E-state index in [2.05, 4.69) is 6.92 Å². The van der Waals surface area contributed by atoms with Gasteiger partial charge in [0.15, 0.2) is 0 Å². The molecular formula is C16H22O3. The van der Waals surface area contributed by atoms with Crippen LogP contribution in [0.4, 0.5) is 0 Å². The molecule has 0 heterocycles. The first-order chi connectivity index (χ1) is 9.20. The SMILES string of the molecule is CCOc1ccccc1C(=O)OC1CCC(C)CC1. The number of hydrogen-bond acceptors (Lipinski definition) is 3. The van der Waals surface area contributed by atoms with Crippen molar-refractivity contribution in [3.8, 4) is 5.75 Å². The van der Waals surface area contributed by atoms with Crippen LogP contribution >= 0.6 is 0 Å². The predicted octanol–water partition coefficient (Wildman–Crippen LogP) is 3.82. The molecule has 0 amide bonds. The van der Waals surface area contributed by atoms with E-state index >= 15 is 0 Å². The Morgan fingerprint density at radius 2 is 1.89 bits per heavy atom. The second-order valence-corrected chi connectivity index (χ2v) is 5.22. The molecule has 1 saturated carbocycles. The molecule has 0 aromatic heterocycles. The average molecular weight is 262 g/mol. The minimum atomic E-state index is -0.261. The fraction of sp³-hybridized carbons (Fsp3) is 0.562. The maximum absolute atomic E-state index is 12.2. The van der Waals surface area contributed by atoms with E-state index < -0.39 is 0 Å². The van der Waals surface area contributed by atoms with Crippen LogP contribution in [0.5, 0.6) is 5.75 Å². The van der Waals surface area contributed by atoms with E-state index in [4.69, 9.17) is 9.47 Å². The van der Waals surface area contributed by atoms with E-state index in [-0.39, 0.29) is 12.1 Å². The van der Waals surface area contributed by atoms with Gasteiger partial charge in [0, 0.05) is 0 Å². The maximum atomic E-state index is 12.2. The summed E-state index contributed by atoms with van der Waals surface area (Å²) in [6, 6.07) is 7.27. The van der Waals surface area contributed by atoms with Crippen molar-refractivity contribution in [2.24, 2.45) is 5.92 Å². The van der Waals surface area contributed by atoms with Crippen molar-refractivity contribution in [1.29, 1.82) is 0 Å². The normalized spacial score (nSPS) is 22.8. The first-order valence-electron chi connectivity index (χ1n) is 7.13. The van der Waals surface area contributed by atoms with Crippen LogP contribution in [0.1, 0.15) is 49.9 Å². The highest BCUT2D eigenvalue weighted by Crippen LogP contribution is 2.27. The van der Waals surface area contributed by atoms with Gasteiger partial charge >= 0.3 is 5.97 Å². The zero-order valence-electron chi connectivity index (χ0n) is 11.7. The lowest BCUT2D eigenvalue weighted by Gasteiger charge is -2.26. The fourth-order valence-electron chi connectivity index (χ4n) is 2.48. The van der Waals surface area contributed by atoms with Crippen LogP contribution in [0.3, 0.4) is 0 Å². The molecule has 1 aliphatic rings. The number of para-hydroxylation sites is 1. The molecule has 3 nitrogen and oxygen atoms in total. The summed E-state index contributed by atoms with van der Waals surface area (Å²) >= 11 is 0. The molecule has 0 bridgehead atoms. The third-order valence-corrected chi connectivity index (χ3v) is 3.64. The van der Waals surface area contributed by atoms with Crippen LogP contribution in [0.25, 0.3) is 0 Å². The van der Waals surface area contributed by atoms with Gasteiger partial charge in [0.1, 0.15) is 17.4 Å². The lowest BCUT2D eigenvalue weighted by molar-refractivity contribution is 0.0170. The number of benzene rings is 1. The highest BCUT2D eigenvalue weighted by Gasteiger charge is 2.23. The standard InChI is InChI=1S/C16H22O3/c1-3-18-15-7-5-4-6-14(15)16(17)19-13-10-8-12(2)9-11-13/h4-7,12-13H,3,8-11H2,1-2H3. The van der Waals surface area contributed by atoms with Crippen LogP contribution in [-0.4, -0.2) is 18.7 Å². The summed E-state index contributed by atoms with van der Waals surface area (Å²) in [5.74, 6) is 1.11. The number of ether oxygens (including phenoxy) is 2. The van der Waals surface area contributed by atoms with Gasteiger partial charge in [-0.2, -0.15) is 0 Å². The van der Waals surface area contributed by atoms with Crippen molar-refractivity contribution in [1.82, 2.24) is 0 Å². The summed E-state index contributed by atoms with van der Waals surface area (Å²) < 4.78 is 11.1. The van der Waals surface area contributed by atoms with Crippen LogP contribution in [-0.2, 0) is 4.74 Å². The molecule has 0 saturated heterocycles. The second-order valence-electron chi connectivity index (χ2n) is 5.22. The summed E-state index contributed by atoms with van der Waals surface area (Å²) in [5.41, 5.74) is 0.531. The molecule has 0 aliphatic heterocycles. The largest absolute Gasteiger partial charge is 0.493 e. The van der Waals surface area contributed by atoms with E-state index in [9.17, 15) is 4.79 Å². The summed E-state index contributed by atoms with van der Waals surface area (Å²) in [6.45, 7) is 4.71. The summed E-state index contributed by atoms with van der Waals surface area (Å²) in [5, 5.41) is 0. The van der Waals surface area contributed by atoms with Gasteiger partial charge in [0.2, 0.25) is 0 Å². The van der Waals surface area contributed by atoms with Gasteiger partial charge in [0.05, 0.1) is 6.61 Å². The van der Waals surface area contributed by atoms with Crippen LogP contribution in [0.15, 0.2) is 24.3 Å². The summed E-state index contributed by atoms with van der Waals surface area (Å²) in [6.07, 6.45) is 4.31. The molecule has 1 fully saturated rings. The van der Waals surface area contributed by atoms with Gasteiger partial charge in [-0.3, -0.25) is 0 Å². The molecule has 0 atom stereocenters. The predicted molar refractivity (Wildman–Crippen MR) is 74.4 cm³/mol.